The highest BCUT2D eigenvalue weighted by Crippen LogP contribution is 2.31. The zero-order chi connectivity index (χ0) is 19.1. The number of rotatable bonds is 8. The van der Waals surface area contributed by atoms with Crippen LogP contribution in [0.15, 0.2) is 18.2 Å². The van der Waals surface area contributed by atoms with Gasteiger partial charge < -0.3 is 14.8 Å². The molecule has 1 fully saturated rings. The van der Waals surface area contributed by atoms with Gasteiger partial charge in [-0.2, -0.15) is 8.78 Å². The third kappa shape index (κ3) is 6.04. The number of alkyl halides is 2. The zero-order valence-corrected chi connectivity index (χ0v) is 16.3. The Morgan fingerprint density at radius 2 is 2.08 bits per heavy atom. The van der Waals surface area contributed by atoms with Gasteiger partial charge in [-0.25, -0.2) is 0 Å². The van der Waals surface area contributed by atoms with Crippen LogP contribution in [-0.4, -0.2) is 31.4 Å². The van der Waals surface area contributed by atoms with Gasteiger partial charge in [-0.15, -0.1) is 11.8 Å². The van der Waals surface area contributed by atoms with Crippen LogP contribution in [-0.2, 0) is 10.5 Å². The second-order valence-electron chi connectivity index (χ2n) is 6.80. The first-order valence-corrected chi connectivity index (χ1v) is 10.0. The Morgan fingerprint density at radius 1 is 1.31 bits per heavy atom. The van der Waals surface area contributed by atoms with Gasteiger partial charge in [-0.1, -0.05) is 32.8 Å². The predicted molar refractivity (Wildman–Crippen MR) is 99.9 cm³/mol. The lowest BCUT2D eigenvalue weighted by Gasteiger charge is -2.34. The van der Waals surface area contributed by atoms with Gasteiger partial charge in [-0.3, -0.25) is 4.79 Å². The van der Waals surface area contributed by atoms with Crippen molar-refractivity contribution in [2.75, 3.05) is 12.9 Å². The minimum absolute atomic E-state index is 0.00870. The lowest BCUT2D eigenvalue weighted by molar-refractivity contribution is -0.120. The minimum atomic E-state index is -2.89. The number of ether oxygens (including phenoxy) is 2. The molecule has 0 radical (unpaired) electrons. The quantitative estimate of drug-likeness (QED) is 0.715. The molecule has 3 atom stereocenters. The summed E-state index contributed by atoms with van der Waals surface area (Å²) < 4.78 is 34.2. The van der Waals surface area contributed by atoms with Crippen molar-refractivity contribution in [3.05, 3.63) is 23.8 Å². The highest BCUT2D eigenvalue weighted by Gasteiger charge is 2.27. The van der Waals surface area contributed by atoms with E-state index >= 15 is 0 Å². The largest absolute Gasteiger partial charge is 0.493 e. The summed E-state index contributed by atoms with van der Waals surface area (Å²) in [4.78, 5) is 12.2. The molecule has 26 heavy (non-hydrogen) atoms. The summed E-state index contributed by atoms with van der Waals surface area (Å²) in [5, 5.41) is 3.15. The van der Waals surface area contributed by atoms with Gasteiger partial charge in [0.1, 0.15) is 0 Å². The molecule has 1 N–H and O–H groups in total. The molecule has 146 valence electrons. The summed E-state index contributed by atoms with van der Waals surface area (Å²) in [6, 6.07) is 5.09. The van der Waals surface area contributed by atoms with E-state index in [0.717, 1.165) is 18.4 Å². The van der Waals surface area contributed by atoms with E-state index in [1.54, 1.807) is 12.1 Å². The third-order valence-electron chi connectivity index (χ3n) is 5.00. The molecular formula is C19H27F2NO3S. The van der Waals surface area contributed by atoms with Crippen molar-refractivity contribution < 1.29 is 23.0 Å². The van der Waals surface area contributed by atoms with Gasteiger partial charge >= 0.3 is 6.61 Å². The second kappa shape index (κ2) is 10.00. The van der Waals surface area contributed by atoms with Crippen molar-refractivity contribution in [2.24, 2.45) is 11.8 Å². The minimum Gasteiger partial charge on any atom is -0.493 e. The first kappa shape index (κ1) is 20.8. The summed E-state index contributed by atoms with van der Waals surface area (Å²) in [5.74, 6) is 2.43. The van der Waals surface area contributed by atoms with Crippen molar-refractivity contribution >= 4 is 17.7 Å². The van der Waals surface area contributed by atoms with Gasteiger partial charge in [0.25, 0.3) is 0 Å². The van der Waals surface area contributed by atoms with E-state index in [2.05, 4.69) is 23.9 Å². The number of carbonyl (C=O) groups excluding carboxylic acids is 1. The lowest BCUT2D eigenvalue weighted by Crippen LogP contribution is -2.44. The molecule has 2 rings (SSSR count). The summed E-state index contributed by atoms with van der Waals surface area (Å²) in [5.41, 5.74) is 0.890. The average Bonchev–Trinajstić information content (AvgIpc) is 2.59. The molecule has 1 amide bonds. The van der Waals surface area contributed by atoms with E-state index in [-0.39, 0.29) is 23.4 Å². The summed E-state index contributed by atoms with van der Waals surface area (Å²) >= 11 is 1.49. The number of carbonyl (C=O) groups is 1. The Morgan fingerprint density at radius 3 is 2.77 bits per heavy atom. The predicted octanol–water partition coefficient (Wildman–Crippen LogP) is 4.47. The number of benzene rings is 1. The maximum atomic E-state index is 12.3. The Kier molecular flexibility index (Phi) is 8.00. The standard InChI is InChI=1S/C19H27F2NO3S/c1-12-5-4-6-15(13(12)2)22-18(23)11-26-10-14-7-8-16(25-19(20)21)17(9-14)24-3/h7-9,12-13,15,19H,4-6,10-11H2,1-3H3,(H,22,23)/t12-,13+,15-/m0/s1. The van der Waals surface area contributed by atoms with Gasteiger partial charge in [0.2, 0.25) is 5.91 Å². The third-order valence-corrected chi connectivity index (χ3v) is 6.00. The molecule has 1 saturated carbocycles. The Balaban J connectivity index is 1.80. The number of hydrogen-bond donors (Lipinski definition) is 1. The molecule has 1 aliphatic rings. The lowest BCUT2D eigenvalue weighted by atomic mass is 9.78. The monoisotopic (exact) mass is 387 g/mol. The van der Waals surface area contributed by atoms with Crippen LogP contribution in [0.4, 0.5) is 8.78 Å². The molecule has 4 nitrogen and oxygen atoms in total. The Hall–Kier alpha value is -1.50. The van der Waals surface area contributed by atoms with Gasteiger partial charge in [0, 0.05) is 11.8 Å². The van der Waals surface area contributed by atoms with Crippen molar-refractivity contribution in [2.45, 2.75) is 51.5 Å². The van der Waals surface area contributed by atoms with Crippen LogP contribution >= 0.6 is 11.8 Å². The Labute approximate surface area is 158 Å². The van der Waals surface area contributed by atoms with Crippen LogP contribution in [0.5, 0.6) is 11.5 Å². The fourth-order valence-corrected chi connectivity index (χ4v) is 4.08. The molecule has 1 aromatic carbocycles. The number of methoxy groups -OCH3 is 1. The van der Waals surface area contributed by atoms with Crippen LogP contribution in [0.3, 0.4) is 0 Å². The maximum absolute atomic E-state index is 12.3. The fraction of sp³-hybridized carbons (Fsp3) is 0.632. The van der Waals surface area contributed by atoms with E-state index in [9.17, 15) is 13.6 Å². The van der Waals surface area contributed by atoms with Crippen LogP contribution in [0, 0.1) is 11.8 Å². The molecular weight excluding hydrogens is 360 g/mol. The molecule has 0 aliphatic heterocycles. The molecule has 7 heteroatoms. The fourth-order valence-electron chi connectivity index (χ4n) is 3.29. The highest BCUT2D eigenvalue weighted by molar-refractivity contribution is 7.99. The van der Waals surface area contributed by atoms with E-state index in [4.69, 9.17) is 4.74 Å². The molecule has 0 heterocycles. The topological polar surface area (TPSA) is 47.6 Å². The SMILES string of the molecule is COc1cc(CSCC(=O)N[C@H]2CCC[C@H](C)[C@H]2C)ccc1OC(F)F. The number of thioether (sulfide) groups is 1. The maximum Gasteiger partial charge on any atom is 0.387 e. The number of halogens is 2. The second-order valence-corrected chi connectivity index (χ2v) is 7.78. The number of hydrogen-bond acceptors (Lipinski definition) is 4. The molecule has 1 aliphatic carbocycles. The smallest absolute Gasteiger partial charge is 0.387 e. The van der Waals surface area contributed by atoms with Crippen molar-refractivity contribution in [3.63, 3.8) is 0 Å². The number of nitrogens with one attached hydrogen (secondary N) is 1. The molecule has 1 aromatic rings. The van der Waals surface area contributed by atoms with Gasteiger partial charge in [0.15, 0.2) is 11.5 Å². The van der Waals surface area contributed by atoms with E-state index < -0.39 is 6.61 Å². The van der Waals surface area contributed by atoms with E-state index in [1.807, 2.05) is 0 Å². The zero-order valence-electron chi connectivity index (χ0n) is 15.5. The van der Waals surface area contributed by atoms with E-state index in [1.165, 1.54) is 31.4 Å². The van der Waals surface area contributed by atoms with Crippen LogP contribution in [0.1, 0.15) is 38.7 Å². The summed E-state index contributed by atoms with van der Waals surface area (Å²) in [7, 11) is 1.41. The van der Waals surface area contributed by atoms with Crippen LogP contribution in [0.2, 0.25) is 0 Å². The molecule has 0 spiro atoms. The normalized spacial score (nSPS) is 22.9. The Bertz CT molecular complexity index is 600. The molecule has 0 aromatic heterocycles. The van der Waals surface area contributed by atoms with E-state index in [0.29, 0.717) is 23.3 Å². The van der Waals surface area contributed by atoms with Crippen molar-refractivity contribution in [3.8, 4) is 11.5 Å². The molecule has 0 saturated heterocycles. The number of amides is 1. The first-order chi connectivity index (χ1) is 12.4. The van der Waals surface area contributed by atoms with Gasteiger partial charge in [0.05, 0.1) is 12.9 Å². The molecule has 0 bridgehead atoms. The van der Waals surface area contributed by atoms with Crippen LogP contribution < -0.4 is 14.8 Å². The van der Waals surface area contributed by atoms with Crippen LogP contribution in [0.25, 0.3) is 0 Å². The first-order valence-electron chi connectivity index (χ1n) is 8.89. The summed E-state index contributed by atoms with van der Waals surface area (Å²) in [6.07, 6.45) is 3.44. The van der Waals surface area contributed by atoms with Crippen molar-refractivity contribution in [1.29, 1.82) is 0 Å². The summed E-state index contributed by atoms with van der Waals surface area (Å²) in [6.45, 7) is 1.56. The molecule has 0 unspecified atom stereocenters. The highest BCUT2D eigenvalue weighted by atomic mass is 32.2. The van der Waals surface area contributed by atoms with Crippen molar-refractivity contribution in [1.82, 2.24) is 5.32 Å². The van der Waals surface area contributed by atoms with Gasteiger partial charge in [-0.05, 0) is 36.0 Å². The average molecular weight is 387 g/mol.